The van der Waals surface area contributed by atoms with Gasteiger partial charge < -0.3 is 0 Å². The first kappa shape index (κ1) is 17.2. The third kappa shape index (κ3) is 3.04. The second-order valence-corrected chi connectivity index (χ2v) is 7.64. The second-order valence-electron chi connectivity index (χ2n) is 6.46. The number of hydrogen-bond acceptors (Lipinski definition) is 3. The molecule has 0 heterocycles. The molecule has 27 heavy (non-hydrogen) atoms. The Hall–Kier alpha value is -3.27. The van der Waals surface area contributed by atoms with Crippen LogP contribution in [0.2, 0.25) is 0 Å². The van der Waals surface area contributed by atoms with Gasteiger partial charge in [-0.15, -0.1) is 11.8 Å². The highest BCUT2D eigenvalue weighted by Gasteiger charge is 2.30. The molecule has 0 aromatic heterocycles. The average Bonchev–Trinajstić information content (AvgIpc) is 2.72. The molecule has 2 nitrogen and oxygen atoms in total. The average molecular weight is 364 g/mol. The fraction of sp³-hybridized carbons (Fsp3) is 0.0833. The van der Waals surface area contributed by atoms with Crippen LogP contribution in [-0.4, -0.2) is 0 Å². The van der Waals surface area contributed by atoms with Gasteiger partial charge in [-0.05, 0) is 41.3 Å². The summed E-state index contributed by atoms with van der Waals surface area (Å²) in [6.45, 7) is 2.09. The highest BCUT2D eigenvalue weighted by atomic mass is 32.2. The summed E-state index contributed by atoms with van der Waals surface area (Å²) in [4.78, 5) is 1.20. The summed E-state index contributed by atoms with van der Waals surface area (Å²) in [6.07, 6.45) is 0. The van der Waals surface area contributed by atoms with E-state index in [0.717, 1.165) is 27.8 Å². The molecule has 0 radical (unpaired) electrons. The summed E-state index contributed by atoms with van der Waals surface area (Å²) in [5, 5.41) is 19.2. The topological polar surface area (TPSA) is 47.6 Å². The first-order chi connectivity index (χ1) is 13.2. The van der Waals surface area contributed by atoms with Crippen LogP contribution in [0.5, 0.6) is 0 Å². The van der Waals surface area contributed by atoms with Crippen molar-refractivity contribution < 1.29 is 0 Å². The molecule has 0 spiro atoms. The predicted octanol–water partition coefficient (Wildman–Crippen LogP) is 6.04. The standard InChI is InChI=1S/C24H16N2S/c1-16-10-12-18(13-11-16)27-24-21-8-4-2-6-19(21)23(17(14-25)15-26)20-7-3-5-9-22(20)24/h2-13,24H,1H3. The van der Waals surface area contributed by atoms with Gasteiger partial charge in [-0.3, -0.25) is 0 Å². The molecule has 0 atom stereocenters. The summed E-state index contributed by atoms with van der Waals surface area (Å²) in [5.74, 6) is 0. The van der Waals surface area contributed by atoms with Gasteiger partial charge in [0.25, 0.3) is 0 Å². The van der Waals surface area contributed by atoms with Crippen molar-refractivity contribution >= 4 is 17.3 Å². The van der Waals surface area contributed by atoms with Crippen molar-refractivity contribution in [2.75, 3.05) is 0 Å². The zero-order chi connectivity index (χ0) is 18.8. The molecular formula is C24H16N2S. The fourth-order valence-electron chi connectivity index (χ4n) is 3.51. The SMILES string of the molecule is Cc1ccc(SC2c3ccccc3C(=C(C#N)C#N)c3ccccc32)cc1. The summed E-state index contributed by atoms with van der Waals surface area (Å²) < 4.78 is 0. The Kier molecular flexibility index (Phi) is 4.55. The van der Waals surface area contributed by atoms with E-state index in [-0.39, 0.29) is 10.8 Å². The van der Waals surface area contributed by atoms with Crippen molar-refractivity contribution in [3.63, 3.8) is 0 Å². The molecule has 3 heteroatoms. The zero-order valence-electron chi connectivity index (χ0n) is 14.8. The number of allylic oxidation sites excluding steroid dienone is 1. The van der Waals surface area contributed by atoms with E-state index in [0.29, 0.717) is 0 Å². The van der Waals surface area contributed by atoms with Gasteiger partial charge in [0.1, 0.15) is 17.7 Å². The quantitative estimate of drug-likeness (QED) is 0.521. The van der Waals surface area contributed by atoms with Crippen LogP contribution in [0, 0.1) is 29.6 Å². The molecule has 1 aliphatic carbocycles. The summed E-state index contributed by atoms with van der Waals surface area (Å²) in [5.41, 5.74) is 6.36. The lowest BCUT2D eigenvalue weighted by Gasteiger charge is -2.30. The maximum atomic E-state index is 9.52. The van der Waals surface area contributed by atoms with Crippen LogP contribution in [0.25, 0.3) is 5.57 Å². The Bertz CT molecular complexity index is 1060. The van der Waals surface area contributed by atoms with Crippen LogP contribution in [-0.2, 0) is 0 Å². The first-order valence-electron chi connectivity index (χ1n) is 8.69. The maximum Gasteiger partial charge on any atom is 0.138 e. The van der Waals surface area contributed by atoms with Crippen molar-refractivity contribution in [3.8, 4) is 12.1 Å². The van der Waals surface area contributed by atoms with Crippen molar-refractivity contribution in [3.05, 3.63) is 106 Å². The van der Waals surface area contributed by atoms with Crippen LogP contribution in [0.1, 0.15) is 33.1 Å². The van der Waals surface area contributed by atoms with E-state index in [2.05, 4.69) is 55.5 Å². The molecule has 3 aromatic rings. The number of hydrogen-bond donors (Lipinski definition) is 0. The third-order valence-electron chi connectivity index (χ3n) is 4.77. The zero-order valence-corrected chi connectivity index (χ0v) is 15.6. The van der Waals surface area contributed by atoms with Gasteiger partial charge in [0.2, 0.25) is 0 Å². The van der Waals surface area contributed by atoms with Crippen LogP contribution in [0.4, 0.5) is 0 Å². The minimum Gasteiger partial charge on any atom is -0.192 e. The third-order valence-corrected chi connectivity index (χ3v) is 6.06. The van der Waals surface area contributed by atoms with E-state index in [9.17, 15) is 10.5 Å². The van der Waals surface area contributed by atoms with Gasteiger partial charge in [0, 0.05) is 10.5 Å². The number of rotatable bonds is 2. The molecule has 0 saturated heterocycles. The number of fused-ring (bicyclic) bond motifs is 2. The molecule has 3 aromatic carbocycles. The Morgan fingerprint density at radius 2 is 1.30 bits per heavy atom. The number of thioether (sulfide) groups is 1. The molecule has 128 valence electrons. The van der Waals surface area contributed by atoms with Gasteiger partial charge in [0.15, 0.2) is 0 Å². The van der Waals surface area contributed by atoms with E-state index in [1.807, 2.05) is 36.4 Å². The van der Waals surface area contributed by atoms with Crippen LogP contribution in [0.3, 0.4) is 0 Å². The van der Waals surface area contributed by atoms with Gasteiger partial charge in [-0.25, -0.2) is 0 Å². The highest BCUT2D eigenvalue weighted by molar-refractivity contribution is 7.99. The number of nitriles is 2. The maximum absolute atomic E-state index is 9.52. The van der Waals surface area contributed by atoms with Gasteiger partial charge in [0.05, 0.1) is 5.25 Å². The smallest absolute Gasteiger partial charge is 0.138 e. The molecule has 0 N–H and O–H groups in total. The summed E-state index contributed by atoms with van der Waals surface area (Å²) >= 11 is 1.80. The molecule has 0 unspecified atom stereocenters. The Morgan fingerprint density at radius 3 is 1.81 bits per heavy atom. The minimum absolute atomic E-state index is 0.113. The minimum atomic E-state index is 0.113. The van der Waals surface area contributed by atoms with E-state index in [4.69, 9.17) is 0 Å². The monoisotopic (exact) mass is 364 g/mol. The van der Waals surface area contributed by atoms with Crippen LogP contribution >= 0.6 is 11.8 Å². The number of benzene rings is 3. The molecule has 0 bridgehead atoms. The first-order valence-corrected chi connectivity index (χ1v) is 9.57. The summed E-state index contributed by atoms with van der Waals surface area (Å²) in [7, 11) is 0. The van der Waals surface area contributed by atoms with Gasteiger partial charge >= 0.3 is 0 Å². The highest BCUT2D eigenvalue weighted by Crippen LogP contribution is 2.50. The summed E-state index contributed by atoms with van der Waals surface area (Å²) in [6, 6.07) is 28.9. The number of aryl methyl sites for hydroxylation is 1. The Balaban J connectivity index is 1.94. The van der Waals surface area contributed by atoms with E-state index in [1.54, 1.807) is 11.8 Å². The Labute approximate surface area is 163 Å². The number of nitrogens with zero attached hydrogens (tertiary/aromatic N) is 2. The molecule has 1 aliphatic rings. The van der Waals surface area contributed by atoms with E-state index in [1.165, 1.54) is 10.5 Å². The second kappa shape index (κ2) is 7.16. The van der Waals surface area contributed by atoms with E-state index < -0.39 is 0 Å². The molecule has 0 fully saturated rings. The predicted molar refractivity (Wildman–Crippen MR) is 109 cm³/mol. The fourth-order valence-corrected chi connectivity index (χ4v) is 4.74. The van der Waals surface area contributed by atoms with E-state index >= 15 is 0 Å². The molecule has 4 rings (SSSR count). The molecule has 0 saturated carbocycles. The van der Waals surface area contributed by atoms with Crippen LogP contribution in [0.15, 0.2) is 83.3 Å². The lowest BCUT2D eigenvalue weighted by atomic mass is 9.80. The lowest BCUT2D eigenvalue weighted by molar-refractivity contribution is 1.10. The van der Waals surface area contributed by atoms with Gasteiger partial charge in [-0.1, -0.05) is 66.2 Å². The Morgan fingerprint density at radius 1 is 0.778 bits per heavy atom. The molecule has 0 amide bonds. The van der Waals surface area contributed by atoms with Crippen molar-refractivity contribution in [2.24, 2.45) is 0 Å². The molecular weight excluding hydrogens is 348 g/mol. The van der Waals surface area contributed by atoms with Gasteiger partial charge in [-0.2, -0.15) is 10.5 Å². The van der Waals surface area contributed by atoms with Crippen LogP contribution < -0.4 is 0 Å². The largest absolute Gasteiger partial charge is 0.192 e. The van der Waals surface area contributed by atoms with Crippen molar-refractivity contribution in [2.45, 2.75) is 17.1 Å². The normalized spacial score (nSPS) is 14.5. The lowest BCUT2D eigenvalue weighted by Crippen LogP contribution is -2.12. The molecule has 0 aliphatic heterocycles. The van der Waals surface area contributed by atoms with Crippen molar-refractivity contribution in [1.82, 2.24) is 0 Å². The van der Waals surface area contributed by atoms with Crippen molar-refractivity contribution in [1.29, 1.82) is 10.5 Å².